The van der Waals surface area contributed by atoms with E-state index in [9.17, 15) is 4.79 Å². The number of aromatic nitrogens is 4. The number of fused-ring (bicyclic) bond motifs is 1. The lowest BCUT2D eigenvalue weighted by Crippen LogP contribution is -2.46. The molecule has 27 heavy (non-hydrogen) atoms. The zero-order chi connectivity index (χ0) is 18.8. The number of rotatable bonds is 5. The van der Waals surface area contributed by atoms with E-state index in [1.165, 1.54) is 10.9 Å². The highest BCUT2D eigenvalue weighted by Gasteiger charge is 2.18. The van der Waals surface area contributed by atoms with Gasteiger partial charge in [-0.15, -0.1) is 0 Å². The molecular weight excluding hydrogens is 344 g/mol. The predicted octanol–water partition coefficient (Wildman–Crippen LogP) is 0.743. The van der Waals surface area contributed by atoms with Gasteiger partial charge in [0.15, 0.2) is 0 Å². The molecule has 0 atom stereocenters. The zero-order valence-corrected chi connectivity index (χ0v) is 15.4. The van der Waals surface area contributed by atoms with Crippen LogP contribution in [0.2, 0.25) is 0 Å². The van der Waals surface area contributed by atoms with Crippen molar-refractivity contribution in [1.82, 2.24) is 24.6 Å². The maximum atomic E-state index is 12.4. The quantitative estimate of drug-likeness (QED) is 0.690. The monoisotopic (exact) mass is 368 g/mol. The van der Waals surface area contributed by atoms with Gasteiger partial charge in [-0.3, -0.25) is 19.4 Å². The van der Waals surface area contributed by atoms with E-state index in [1.807, 2.05) is 25.1 Å². The van der Waals surface area contributed by atoms with Crippen LogP contribution in [-0.4, -0.2) is 62.5 Å². The molecule has 0 radical (unpaired) electrons. The molecule has 0 spiro atoms. The summed E-state index contributed by atoms with van der Waals surface area (Å²) in [5.74, 6) is 0. The first-order chi connectivity index (χ1) is 13.1. The summed E-state index contributed by atoms with van der Waals surface area (Å²) in [5, 5.41) is 16.9. The van der Waals surface area contributed by atoms with Crippen LogP contribution < -0.4 is 10.5 Å². The largest absolute Gasteiger partial charge is 0.395 e. The minimum atomic E-state index is -0.111. The Morgan fingerprint density at radius 3 is 2.70 bits per heavy atom. The smallest absolute Gasteiger partial charge is 0.261 e. The molecule has 142 valence electrons. The molecule has 1 saturated heterocycles. The summed E-state index contributed by atoms with van der Waals surface area (Å²) in [6.07, 6.45) is 1.51. The summed E-state index contributed by atoms with van der Waals surface area (Å²) in [5.41, 5.74) is 3.84. The summed E-state index contributed by atoms with van der Waals surface area (Å²) in [4.78, 5) is 21.5. The summed E-state index contributed by atoms with van der Waals surface area (Å²) in [6, 6.07) is 7.89. The van der Waals surface area contributed by atoms with Gasteiger partial charge < -0.3 is 10.0 Å². The minimum absolute atomic E-state index is 0.0761. The second kappa shape index (κ2) is 7.50. The first kappa shape index (κ1) is 17.7. The molecule has 4 rings (SSSR count). The predicted molar refractivity (Wildman–Crippen MR) is 104 cm³/mol. The highest BCUT2D eigenvalue weighted by molar-refractivity contribution is 5.81. The molecule has 8 nitrogen and oxygen atoms in total. The van der Waals surface area contributed by atoms with Gasteiger partial charge in [-0.1, -0.05) is 0 Å². The first-order valence-corrected chi connectivity index (χ1v) is 9.22. The van der Waals surface area contributed by atoms with Gasteiger partial charge in [-0.2, -0.15) is 5.10 Å². The van der Waals surface area contributed by atoms with E-state index in [1.54, 1.807) is 0 Å². The third-order valence-electron chi connectivity index (χ3n) is 5.03. The molecular formula is C19H24N6O2. The van der Waals surface area contributed by atoms with E-state index in [0.29, 0.717) is 10.9 Å². The van der Waals surface area contributed by atoms with Gasteiger partial charge >= 0.3 is 0 Å². The van der Waals surface area contributed by atoms with Gasteiger partial charge in [-0.05, 0) is 31.2 Å². The van der Waals surface area contributed by atoms with Crippen molar-refractivity contribution in [3.8, 4) is 0 Å². The summed E-state index contributed by atoms with van der Waals surface area (Å²) >= 11 is 0. The van der Waals surface area contributed by atoms with Crippen LogP contribution >= 0.6 is 0 Å². The Morgan fingerprint density at radius 2 is 2.00 bits per heavy atom. The van der Waals surface area contributed by atoms with E-state index < -0.39 is 0 Å². The molecule has 1 fully saturated rings. The lowest BCUT2D eigenvalue weighted by molar-refractivity contribution is 0.247. The molecule has 1 aliphatic rings. The number of aliphatic hydroxyl groups excluding tert-OH is 1. The Morgan fingerprint density at radius 1 is 1.19 bits per heavy atom. The number of benzene rings is 1. The third-order valence-corrected chi connectivity index (χ3v) is 5.03. The highest BCUT2D eigenvalue weighted by Crippen LogP contribution is 2.21. The standard InChI is InChI=1S/C19H24N6O2/c1-14-10-15(22-21-14)12-23-4-6-24(7-5-23)16-2-3-17-18(11-16)20-13-25(8-9-26)19(17)27/h2-3,10-11,13,26H,4-9,12H2,1H3,(H,21,22). The van der Waals surface area contributed by atoms with E-state index >= 15 is 0 Å². The van der Waals surface area contributed by atoms with Crippen molar-refractivity contribution in [3.63, 3.8) is 0 Å². The zero-order valence-electron chi connectivity index (χ0n) is 15.4. The normalized spacial score (nSPS) is 15.6. The van der Waals surface area contributed by atoms with Gasteiger partial charge in [0, 0.05) is 44.1 Å². The number of anilines is 1. The number of H-pyrrole nitrogens is 1. The van der Waals surface area contributed by atoms with Crippen LogP contribution in [0.4, 0.5) is 5.69 Å². The van der Waals surface area contributed by atoms with Crippen molar-refractivity contribution in [2.24, 2.45) is 0 Å². The number of aromatic amines is 1. The van der Waals surface area contributed by atoms with Gasteiger partial charge in [-0.25, -0.2) is 4.98 Å². The molecule has 8 heteroatoms. The average molecular weight is 368 g/mol. The van der Waals surface area contributed by atoms with Crippen molar-refractivity contribution in [1.29, 1.82) is 0 Å². The highest BCUT2D eigenvalue weighted by atomic mass is 16.3. The minimum Gasteiger partial charge on any atom is -0.395 e. The number of aliphatic hydroxyl groups is 1. The molecule has 0 unspecified atom stereocenters. The van der Waals surface area contributed by atoms with E-state index in [4.69, 9.17) is 5.11 Å². The Kier molecular flexibility index (Phi) is 4.91. The molecule has 0 saturated carbocycles. The Hall–Kier alpha value is -2.71. The van der Waals surface area contributed by atoms with E-state index in [2.05, 4.69) is 31.0 Å². The molecule has 3 aromatic rings. The summed E-state index contributed by atoms with van der Waals surface area (Å²) in [6.45, 7) is 6.86. The summed E-state index contributed by atoms with van der Waals surface area (Å²) in [7, 11) is 0. The molecule has 1 aliphatic heterocycles. The van der Waals surface area contributed by atoms with Crippen LogP contribution in [0.25, 0.3) is 10.9 Å². The van der Waals surface area contributed by atoms with E-state index in [-0.39, 0.29) is 18.7 Å². The maximum absolute atomic E-state index is 12.4. The molecule has 1 aromatic carbocycles. The molecule has 3 heterocycles. The number of hydrogen-bond donors (Lipinski definition) is 2. The van der Waals surface area contributed by atoms with Crippen LogP contribution in [0.3, 0.4) is 0 Å². The lowest BCUT2D eigenvalue weighted by atomic mass is 10.2. The molecule has 0 bridgehead atoms. The van der Waals surface area contributed by atoms with Crippen LogP contribution in [0.1, 0.15) is 11.4 Å². The Bertz CT molecular complexity index is 987. The van der Waals surface area contributed by atoms with E-state index in [0.717, 1.165) is 49.8 Å². The molecule has 2 aromatic heterocycles. The topological polar surface area (TPSA) is 90.3 Å². The third kappa shape index (κ3) is 3.72. The Balaban J connectivity index is 1.45. The fourth-order valence-corrected chi connectivity index (χ4v) is 3.56. The van der Waals surface area contributed by atoms with Crippen LogP contribution in [0, 0.1) is 6.92 Å². The molecule has 0 amide bonds. The van der Waals surface area contributed by atoms with Gasteiger partial charge in [0.1, 0.15) is 0 Å². The Labute approximate surface area is 157 Å². The lowest BCUT2D eigenvalue weighted by Gasteiger charge is -2.35. The van der Waals surface area contributed by atoms with Gasteiger partial charge in [0.2, 0.25) is 0 Å². The van der Waals surface area contributed by atoms with Crippen molar-refractivity contribution >= 4 is 16.6 Å². The fraction of sp³-hybridized carbons (Fsp3) is 0.421. The van der Waals surface area contributed by atoms with Crippen LogP contribution in [0.5, 0.6) is 0 Å². The number of nitrogens with zero attached hydrogens (tertiary/aromatic N) is 5. The number of nitrogens with one attached hydrogen (secondary N) is 1. The fourth-order valence-electron chi connectivity index (χ4n) is 3.56. The summed E-state index contributed by atoms with van der Waals surface area (Å²) < 4.78 is 1.44. The van der Waals surface area contributed by atoms with Crippen molar-refractivity contribution in [2.45, 2.75) is 20.0 Å². The van der Waals surface area contributed by atoms with Gasteiger partial charge in [0.25, 0.3) is 5.56 Å². The van der Waals surface area contributed by atoms with Crippen LogP contribution in [0.15, 0.2) is 35.4 Å². The SMILES string of the molecule is Cc1cc(CN2CCN(c3ccc4c(=O)n(CCO)cnc4c3)CC2)n[nH]1. The molecule has 2 N–H and O–H groups in total. The number of piperazine rings is 1. The second-order valence-corrected chi connectivity index (χ2v) is 6.97. The average Bonchev–Trinajstić information content (AvgIpc) is 3.09. The number of aryl methyl sites for hydroxylation is 1. The second-order valence-electron chi connectivity index (χ2n) is 6.97. The van der Waals surface area contributed by atoms with Crippen LogP contribution in [-0.2, 0) is 13.1 Å². The maximum Gasteiger partial charge on any atom is 0.261 e. The first-order valence-electron chi connectivity index (χ1n) is 9.22. The van der Waals surface area contributed by atoms with Crippen molar-refractivity contribution in [2.75, 3.05) is 37.7 Å². The number of hydrogen-bond acceptors (Lipinski definition) is 6. The molecule has 0 aliphatic carbocycles. The van der Waals surface area contributed by atoms with Crippen molar-refractivity contribution in [3.05, 3.63) is 52.3 Å². The van der Waals surface area contributed by atoms with Gasteiger partial charge in [0.05, 0.1) is 36.1 Å². The van der Waals surface area contributed by atoms with Crippen molar-refractivity contribution < 1.29 is 5.11 Å².